The molecule has 0 bridgehead atoms. The lowest BCUT2D eigenvalue weighted by atomic mass is 10.1. The number of rotatable bonds is 10. The fourth-order valence-corrected chi connectivity index (χ4v) is 3.14. The Morgan fingerprint density at radius 1 is 1.00 bits per heavy atom. The van der Waals surface area contributed by atoms with Crippen LogP contribution in [0.4, 0.5) is 5.00 Å². The van der Waals surface area contributed by atoms with Gasteiger partial charge in [-0.15, -0.1) is 11.3 Å². The zero-order valence-corrected chi connectivity index (χ0v) is 16.5. The minimum Gasteiger partial charge on any atom is -0.469 e. The highest BCUT2D eigenvalue weighted by Gasteiger charge is 2.27. The number of hydrogen-bond donors (Lipinski definition) is 1. The van der Waals surface area contributed by atoms with Gasteiger partial charge in [-0.3, -0.25) is 9.59 Å². The summed E-state index contributed by atoms with van der Waals surface area (Å²) in [5.41, 5.74) is 0.441. The van der Waals surface area contributed by atoms with Crippen LogP contribution in [-0.2, 0) is 28.5 Å². The molecular weight excluding hydrogens is 378 g/mol. The zero-order chi connectivity index (χ0) is 20.4. The Hall–Kier alpha value is -2.46. The van der Waals surface area contributed by atoms with Crippen LogP contribution in [0, 0.1) is 6.92 Å². The molecule has 1 amide bonds. The minimum absolute atomic E-state index is 0.0578. The number of thiophene rings is 1. The number of amides is 1. The molecule has 0 spiro atoms. The normalized spacial score (nSPS) is 10.2. The van der Waals surface area contributed by atoms with Crippen molar-refractivity contribution >= 4 is 40.2 Å². The van der Waals surface area contributed by atoms with Crippen LogP contribution in [0.2, 0.25) is 0 Å². The van der Waals surface area contributed by atoms with E-state index in [-0.39, 0.29) is 48.1 Å². The third kappa shape index (κ3) is 6.65. The Morgan fingerprint density at radius 3 is 2.30 bits per heavy atom. The van der Waals surface area contributed by atoms with Crippen molar-refractivity contribution in [2.45, 2.75) is 26.7 Å². The molecule has 0 aliphatic heterocycles. The maximum atomic E-state index is 12.3. The molecule has 9 nitrogen and oxygen atoms in total. The SMILES string of the molecule is CCOC(=O)c1c(NC(=O)CCC(=O)OC)sc(C(=O)OCCOC)c1C. The monoisotopic (exact) mass is 401 g/mol. The molecule has 150 valence electrons. The number of hydrogen-bond acceptors (Lipinski definition) is 9. The molecule has 0 aliphatic rings. The summed E-state index contributed by atoms with van der Waals surface area (Å²) < 4.78 is 19.4. The molecule has 1 N–H and O–H groups in total. The molecule has 0 atom stereocenters. The number of anilines is 1. The van der Waals surface area contributed by atoms with E-state index in [0.717, 1.165) is 11.3 Å². The van der Waals surface area contributed by atoms with E-state index in [1.165, 1.54) is 14.2 Å². The van der Waals surface area contributed by atoms with E-state index in [1.54, 1.807) is 13.8 Å². The second-order valence-electron chi connectivity index (χ2n) is 5.23. The van der Waals surface area contributed by atoms with Gasteiger partial charge in [-0.2, -0.15) is 0 Å². The Labute approximate surface area is 160 Å². The van der Waals surface area contributed by atoms with Gasteiger partial charge in [0.1, 0.15) is 16.5 Å². The molecule has 1 rings (SSSR count). The van der Waals surface area contributed by atoms with Crippen LogP contribution in [0.25, 0.3) is 0 Å². The van der Waals surface area contributed by atoms with Gasteiger partial charge in [0.25, 0.3) is 0 Å². The maximum absolute atomic E-state index is 12.3. The van der Waals surface area contributed by atoms with Gasteiger partial charge < -0.3 is 24.3 Å². The molecule has 1 aromatic heterocycles. The van der Waals surface area contributed by atoms with Gasteiger partial charge >= 0.3 is 17.9 Å². The van der Waals surface area contributed by atoms with Crippen LogP contribution in [0.15, 0.2) is 0 Å². The van der Waals surface area contributed by atoms with Gasteiger partial charge in [0, 0.05) is 13.5 Å². The number of nitrogens with one attached hydrogen (secondary N) is 1. The van der Waals surface area contributed by atoms with Crippen LogP contribution in [-0.4, -0.2) is 57.9 Å². The molecule has 1 aromatic rings. The summed E-state index contributed by atoms with van der Waals surface area (Å²) >= 11 is 0.910. The Morgan fingerprint density at radius 2 is 1.70 bits per heavy atom. The quantitative estimate of drug-likeness (QED) is 0.359. The van der Waals surface area contributed by atoms with Crippen molar-refractivity contribution in [3.05, 3.63) is 16.0 Å². The van der Waals surface area contributed by atoms with Crippen LogP contribution < -0.4 is 5.32 Å². The highest BCUT2D eigenvalue weighted by molar-refractivity contribution is 7.18. The number of carbonyl (C=O) groups excluding carboxylic acids is 4. The lowest BCUT2D eigenvalue weighted by Crippen LogP contribution is -2.16. The molecule has 0 aromatic carbocycles. The predicted molar refractivity (Wildman–Crippen MR) is 97.1 cm³/mol. The number of ether oxygens (including phenoxy) is 4. The first-order chi connectivity index (χ1) is 12.8. The third-order valence-electron chi connectivity index (χ3n) is 3.37. The minimum atomic E-state index is -0.662. The van der Waals surface area contributed by atoms with Crippen molar-refractivity contribution in [1.82, 2.24) is 0 Å². The first-order valence-corrected chi connectivity index (χ1v) is 9.00. The van der Waals surface area contributed by atoms with Gasteiger partial charge in [0.2, 0.25) is 5.91 Å². The smallest absolute Gasteiger partial charge is 0.348 e. The number of carbonyl (C=O) groups is 4. The second-order valence-corrected chi connectivity index (χ2v) is 6.25. The van der Waals surface area contributed by atoms with E-state index in [4.69, 9.17) is 14.2 Å². The van der Waals surface area contributed by atoms with E-state index < -0.39 is 23.8 Å². The topological polar surface area (TPSA) is 117 Å². The lowest BCUT2D eigenvalue weighted by Gasteiger charge is -2.07. The van der Waals surface area contributed by atoms with Gasteiger partial charge in [-0.1, -0.05) is 0 Å². The molecule has 0 fully saturated rings. The van der Waals surface area contributed by atoms with E-state index >= 15 is 0 Å². The molecule has 0 unspecified atom stereocenters. The van der Waals surface area contributed by atoms with Crippen molar-refractivity contribution < 1.29 is 38.1 Å². The molecule has 10 heteroatoms. The van der Waals surface area contributed by atoms with E-state index in [1.807, 2.05) is 0 Å². The van der Waals surface area contributed by atoms with Crippen LogP contribution in [0.1, 0.15) is 45.4 Å². The van der Waals surface area contributed by atoms with E-state index in [0.29, 0.717) is 5.56 Å². The predicted octanol–water partition coefficient (Wildman–Crippen LogP) is 1.93. The van der Waals surface area contributed by atoms with Gasteiger partial charge in [-0.25, -0.2) is 9.59 Å². The molecular formula is C17H23NO8S. The molecule has 1 heterocycles. The standard InChI is InChI=1S/C17H23NO8S/c1-5-25-16(21)13-10(2)14(17(22)26-9-8-23-3)27-15(13)18-11(19)6-7-12(20)24-4/h5-9H2,1-4H3,(H,18,19). The zero-order valence-electron chi connectivity index (χ0n) is 15.7. The number of methoxy groups -OCH3 is 2. The molecule has 27 heavy (non-hydrogen) atoms. The van der Waals surface area contributed by atoms with Crippen molar-refractivity contribution in [3.8, 4) is 0 Å². The highest BCUT2D eigenvalue weighted by Crippen LogP contribution is 2.34. The maximum Gasteiger partial charge on any atom is 0.348 e. The Bertz CT molecular complexity index is 697. The summed E-state index contributed by atoms with van der Waals surface area (Å²) in [6.07, 6.45) is -0.229. The average molecular weight is 401 g/mol. The van der Waals surface area contributed by atoms with Crippen molar-refractivity contribution in [2.24, 2.45) is 0 Å². The fourth-order valence-electron chi connectivity index (χ4n) is 2.04. The second kappa shape index (κ2) is 11.3. The average Bonchev–Trinajstić information content (AvgIpc) is 2.96. The van der Waals surface area contributed by atoms with Gasteiger partial charge in [-0.05, 0) is 19.4 Å². The summed E-state index contributed by atoms with van der Waals surface area (Å²) in [4.78, 5) is 47.9. The summed E-state index contributed by atoms with van der Waals surface area (Å²) in [5.74, 6) is -2.31. The summed E-state index contributed by atoms with van der Waals surface area (Å²) in [6, 6.07) is 0. The molecule has 0 saturated heterocycles. The summed E-state index contributed by atoms with van der Waals surface area (Å²) in [6.45, 7) is 3.64. The van der Waals surface area contributed by atoms with Crippen LogP contribution in [0.3, 0.4) is 0 Å². The summed E-state index contributed by atoms with van der Waals surface area (Å²) in [7, 11) is 2.70. The van der Waals surface area contributed by atoms with Crippen molar-refractivity contribution in [2.75, 3.05) is 39.4 Å². The molecule has 0 saturated carbocycles. The highest BCUT2D eigenvalue weighted by atomic mass is 32.1. The first-order valence-electron chi connectivity index (χ1n) is 8.18. The van der Waals surface area contributed by atoms with Gasteiger partial charge in [0.05, 0.1) is 32.3 Å². The lowest BCUT2D eigenvalue weighted by molar-refractivity contribution is -0.141. The van der Waals surface area contributed by atoms with E-state index in [9.17, 15) is 19.2 Å². The van der Waals surface area contributed by atoms with Gasteiger partial charge in [0.15, 0.2) is 0 Å². The molecule has 0 radical (unpaired) electrons. The van der Waals surface area contributed by atoms with E-state index in [2.05, 4.69) is 10.1 Å². The van der Waals surface area contributed by atoms with Crippen molar-refractivity contribution in [1.29, 1.82) is 0 Å². The molecule has 0 aliphatic carbocycles. The Balaban J connectivity index is 3.04. The third-order valence-corrected chi connectivity index (χ3v) is 4.56. The first kappa shape index (κ1) is 22.6. The summed E-state index contributed by atoms with van der Waals surface area (Å²) in [5, 5.41) is 2.72. The largest absolute Gasteiger partial charge is 0.469 e. The van der Waals surface area contributed by atoms with Crippen LogP contribution >= 0.6 is 11.3 Å². The Kier molecular flexibility index (Phi) is 9.45. The van der Waals surface area contributed by atoms with Crippen molar-refractivity contribution in [3.63, 3.8) is 0 Å². The fraction of sp³-hybridized carbons (Fsp3) is 0.529. The number of esters is 3. The van der Waals surface area contributed by atoms with Crippen LogP contribution in [0.5, 0.6) is 0 Å².